The van der Waals surface area contributed by atoms with Gasteiger partial charge < -0.3 is 10.3 Å². The number of hydrogen-bond acceptors (Lipinski definition) is 1. The molecule has 0 aromatic heterocycles. The number of rotatable bonds is 4. The zero-order valence-electron chi connectivity index (χ0n) is 8.79. The van der Waals surface area contributed by atoms with Gasteiger partial charge in [-0.15, -0.1) is 0 Å². The molecule has 1 N–H and O–H groups in total. The molecule has 2 nitrogen and oxygen atoms in total. The first kappa shape index (κ1) is 11.0. The molecule has 1 rings (SSSR count). The number of benzene rings is 1. The Labute approximate surface area is 85.4 Å². The summed E-state index contributed by atoms with van der Waals surface area (Å²) in [7, 11) is 0. The Morgan fingerprint density at radius 1 is 1.36 bits per heavy atom. The maximum absolute atomic E-state index is 11.8. The molecular weight excluding hydrogens is 174 g/mol. The van der Waals surface area contributed by atoms with Crippen molar-refractivity contribution in [2.45, 2.75) is 25.9 Å². The molecule has 76 valence electrons. The maximum atomic E-state index is 11.8. The summed E-state index contributed by atoms with van der Waals surface area (Å²) in [6, 6.07) is 9.79. The van der Waals surface area contributed by atoms with Crippen LogP contribution in [0.25, 0.3) is 0 Å². The largest absolute Gasteiger partial charge is 0.633 e. The van der Waals surface area contributed by atoms with Crippen molar-refractivity contribution in [2.24, 2.45) is 0 Å². The molecule has 1 atom stereocenters. The van der Waals surface area contributed by atoms with Crippen LogP contribution in [0.4, 0.5) is 0 Å². The number of quaternary nitrogens is 1. The number of hydrogen-bond donors (Lipinski definition) is 1. The lowest BCUT2D eigenvalue weighted by molar-refractivity contribution is -0.906. The molecule has 0 fully saturated rings. The standard InChI is InChI=1S/C12H17NO/c1-4-12(2,3)13(14)10-11-8-6-5-7-9-11/h4-9,13H,1,10H2,2-3H3. The van der Waals surface area contributed by atoms with Crippen molar-refractivity contribution in [3.8, 4) is 0 Å². The molecule has 0 saturated heterocycles. The van der Waals surface area contributed by atoms with Gasteiger partial charge in [0.25, 0.3) is 0 Å². The highest BCUT2D eigenvalue weighted by molar-refractivity contribution is 5.13. The molecule has 0 amide bonds. The monoisotopic (exact) mass is 191 g/mol. The summed E-state index contributed by atoms with van der Waals surface area (Å²) in [5.74, 6) is 0. The zero-order chi connectivity index (χ0) is 10.6. The average molecular weight is 191 g/mol. The van der Waals surface area contributed by atoms with Gasteiger partial charge in [0.15, 0.2) is 0 Å². The van der Waals surface area contributed by atoms with E-state index in [1.165, 1.54) is 0 Å². The van der Waals surface area contributed by atoms with E-state index in [0.29, 0.717) is 6.54 Å². The molecule has 1 aromatic carbocycles. The van der Waals surface area contributed by atoms with E-state index in [2.05, 4.69) is 6.58 Å². The van der Waals surface area contributed by atoms with E-state index >= 15 is 0 Å². The van der Waals surface area contributed by atoms with Crippen molar-refractivity contribution in [3.05, 3.63) is 53.8 Å². The molecule has 14 heavy (non-hydrogen) atoms. The highest BCUT2D eigenvalue weighted by atomic mass is 16.5. The summed E-state index contributed by atoms with van der Waals surface area (Å²) < 4.78 is 0. The van der Waals surface area contributed by atoms with E-state index in [1.54, 1.807) is 6.08 Å². The van der Waals surface area contributed by atoms with Gasteiger partial charge in [-0.2, -0.15) is 0 Å². The van der Waals surface area contributed by atoms with Crippen molar-refractivity contribution >= 4 is 0 Å². The van der Waals surface area contributed by atoms with Crippen LogP contribution in [0.5, 0.6) is 0 Å². The highest BCUT2D eigenvalue weighted by Crippen LogP contribution is 2.00. The van der Waals surface area contributed by atoms with Crippen LogP contribution in [0, 0.1) is 5.21 Å². The summed E-state index contributed by atoms with van der Waals surface area (Å²) in [5.41, 5.74) is 0.642. The molecule has 1 unspecified atom stereocenters. The highest BCUT2D eigenvalue weighted by Gasteiger charge is 2.20. The minimum atomic E-state index is -0.421. The number of nitrogens with one attached hydrogen (secondary N) is 1. The van der Waals surface area contributed by atoms with Crippen LogP contribution >= 0.6 is 0 Å². The molecule has 0 spiro atoms. The van der Waals surface area contributed by atoms with Crippen LogP contribution in [0.3, 0.4) is 0 Å². The van der Waals surface area contributed by atoms with Crippen LogP contribution in [0.2, 0.25) is 0 Å². The van der Waals surface area contributed by atoms with Crippen molar-refractivity contribution in [3.63, 3.8) is 0 Å². The Morgan fingerprint density at radius 3 is 2.43 bits per heavy atom. The van der Waals surface area contributed by atoms with Crippen LogP contribution in [-0.4, -0.2) is 5.54 Å². The van der Waals surface area contributed by atoms with Gasteiger partial charge in [0, 0.05) is 5.56 Å². The third-order valence-electron chi connectivity index (χ3n) is 2.44. The number of hydroxylamine groups is 2. The minimum absolute atomic E-state index is 0.207. The van der Waals surface area contributed by atoms with Crippen molar-refractivity contribution in [1.29, 1.82) is 0 Å². The first-order valence-corrected chi connectivity index (χ1v) is 4.77. The van der Waals surface area contributed by atoms with Crippen molar-refractivity contribution in [2.75, 3.05) is 0 Å². The Morgan fingerprint density at radius 2 is 1.93 bits per heavy atom. The second-order valence-electron chi connectivity index (χ2n) is 4.01. The van der Waals surface area contributed by atoms with E-state index in [0.717, 1.165) is 5.56 Å². The predicted octanol–water partition coefficient (Wildman–Crippen LogP) is 1.53. The molecule has 1 aromatic rings. The quantitative estimate of drug-likeness (QED) is 0.567. The Balaban J connectivity index is 2.66. The summed E-state index contributed by atoms with van der Waals surface area (Å²) in [4.78, 5) is 0. The van der Waals surface area contributed by atoms with Crippen LogP contribution in [0.1, 0.15) is 19.4 Å². The smallest absolute Gasteiger partial charge is 0.110 e. The molecule has 0 bridgehead atoms. The fraction of sp³-hybridized carbons (Fsp3) is 0.333. The summed E-state index contributed by atoms with van der Waals surface area (Å²) >= 11 is 0. The Hall–Kier alpha value is -1.12. The van der Waals surface area contributed by atoms with E-state index in [4.69, 9.17) is 0 Å². The fourth-order valence-corrected chi connectivity index (χ4v) is 1.12. The third-order valence-corrected chi connectivity index (χ3v) is 2.44. The summed E-state index contributed by atoms with van der Waals surface area (Å²) in [5, 5.41) is 12.0. The van der Waals surface area contributed by atoms with Gasteiger partial charge in [0.05, 0.1) is 0 Å². The van der Waals surface area contributed by atoms with Gasteiger partial charge in [-0.1, -0.05) is 36.9 Å². The van der Waals surface area contributed by atoms with Crippen molar-refractivity contribution < 1.29 is 5.06 Å². The predicted molar refractivity (Wildman–Crippen MR) is 58.8 cm³/mol. The molecule has 2 heteroatoms. The fourth-order valence-electron chi connectivity index (χ4n) is 1.12. The van der Waals surface area contributed by atoms with E-state index in [1.807, 2.05) is 44.2 Å². The van der Waals surface area contributed by atoms with E-state index in [-0.39, 0.29) is 5.06 Å². The lowest BCUT2D eigenvalue weighted by Gasteiger charge is -2.36. The van der Waals surface area contributed by atoms with Gasteiger partial charge in [-0.3, -0.25) is 0 Å². The van der Waals surface area contributed by atoms with E-state index in [9.17, 15) is 5.21 Å². The van der Waals surface area contributed by atoms with Crippen LogP contribution in [0.15, 0.2) is 43.0 Å². The molecule has 0 radical (unpaired) electrons. The van der Waals surface area contributed by atoms with Crippen LogP contribution in [-0.2, 0) is 6.54 Å². The summed E-state index contributed by atoms with van der Waals surface area (Å²) in [6.07, 6.45) is 1.71. The molecule has 0 heterocycles. The SMILES string of the molecule is C=CC(C)(C)[NH+]([O-])Cc1ccccc1. The van der Waals surface area contributed by atoms with Gasteiger partial charge in [0.1, 0.15) is 12.1 Å². The zero-order valence-corrected chi connectivity index (χ0v) is 8.79. The van der Waals surface area contributed by atoms with Crippen molar-refractivity contribution in [1.82, 2.24) is 0 Å². The first-order chi connectivity index (χ1) is 6.56. The topological polar surface area (TPSA) is 27.5 Å². The molecule has 0 aliphatic rings. The Kier molecular flexibility index (Phi) is 3.44. The molecule has 0 saturated carbocycles. The molecule has 0 aliphatic carbocycles. The van der Waals surface area contributed by atoms with Gasteiger partial charge in [-0.25, -0.2) is 0 Å². The average Bonchev–Trinajstić information content (AvgIpc) is 2.19. The minimum Gasteiger partial charge on any atom is -0.633 e. The second-order valence-corrected chi connectivity index (χ2v) is 4.01. The van der Waals surface area contributed by atoms with Gasteiger partial charge in [0.2, 0.25) is 0 Å². The summed E-state index contributed by atoms with van der Waals surface area (Å²) in [6.45, 7) is 7.95. The Bertz CT molecular complexity index is 292. The molecule has 0 aliphatic heterocycles. The van der Waals surface area contributed by atoms with E-state index < -0.39 is 5.54 Å². The lowest BCUT2D eigenvalue weighted by Crippen LogP contribution is -3.13. The third kappa shape index (κ3) is 2.69. The second kappa shape index (κ2) is 4.40. The van der Waals surface area contributed by atoms with Gasteiger partial charge in [-0.05, 0) is 19.9 Å². The van der Waals surface area contributed by atoms with Crippen LogP contribution < -0.4 is 5.06 Å². The van der Waals surface area contributed by atoms with Gasteiger partial charge >= 0.3 is 0 Å². The maximum Gasteiger partial charge on any atom is 0.110 e. The normalized spacial score (nSPS) is 13.6. The lowest BCUT2D eigenvalue weighted by atomic mass is 10.0. The first-order valence-electron chi connectivity index (χ1n) is 4.77. The molecular formula is C12H17NO.